The van der Waals surface area contributed by atoms with Crippen molar-refractivity contribution < 1.29 is 27.4 Å². The van der Waals surface area contributed by atoms with Crippen molar-refractivity contribution in [2.24, 2.45) is 0 Å². The van der Waals surface area contributed by atoms with Gasteiger partial charge in [0.15, 0.2) is 6.61 Å². The second kappa shape index (κ2) is 5.71. The molecule has 0 unspecified atom stereocenters. The number of methoxy groups -OCH3 is 1. The van der Waals surface area contributed by atoms with Gasteiger partial charge in [-0.15, -0.1) is 0 Å². The van der Waals surface area contributed by atoms with E-state index in [4.69, 9.17) is 16.3 Å². The maximum Gasteiger partial charge on any atom is 0.422 e. The van der Waals surface area contributed by atoms with E-state index >= 15 is 0 Å². The van der Waals surface area contributed by atoms with E-state index in [1.54, 1.807) is 0 Å². The zero-order valence-corrected chi connectivity index (χ0v) is 9.67. The van der Waals surface area contributed by atoms with Gasteiger partial charge in [-0.2, -0.15) is 18.2 Å². The minimum absolute atomic E-state index is 0.0427. The highest BCUT2D eigenvalue weighted by Crippen LogP contribution is 2.17. The summed E-state index contributed by atoms with van der Waals surface area (Å²) in [7, 11) is 1.30. The van der Waals surface area contributed by atoms with E-state index in [0.717, 1.165) is 0 Å². The average molecular weight is 286 g/mol. The molecule has 1 aromatic rings. The molecule has 0 spiro atoms. The van der Waals surface area contributed by atoms with Gasteiger partial charge in [-0.25, -0.2) is 9.78 Å². The number of aromatic nitrogens is 2. The topological polar surface area (TPSA) is 73.3 Å². The molecule has 100 valence electrons. The first-order chi connectivity index (χ1) is 8.30. The van der Waals surface area contributed by atoms with Gasteiger partial charge in [-0.3, -0.25) is 5.32 Å². The summed E-state index contributed by atoms with van der Waals surface area (Å²) >= 11 is 5.56. The van der Waals surface area contributed by atoms with E-state index < -0.39 is 18.9 Å². The zero-order chi connectivity index (χ0) is 13.8. The molecule has 1 heterocycles. The second-order valence-corrected chi connectivity index (χ2v) is 3.26. The SMILES string of the molecule is COc1cc(Cl)nc(NC(=O)OCC(F)(F)F)n1. The van der Waals surface area contributed by atoms with Crippen molar-refractivity contribution in [2.45, 2.75) is 6.18 Å². The maximum atomic E-state index is 11.8. The van der Waals surface area contributed by atoms with Crippen LogP contribution in [0.3, 0.4) is 0 Å². The molecular weight excluding hydrogens is 279 g/mol. The van der Waals surface area contributed by atoms with Crippen molar-refractivity contribution in [3.8, 4) is 5.88 Å². The van der Waals surface area contributed by atoms with E-state index in [9.17, 15) is 18.0 Å². The molecule has 10 heteroatoms. The number of halogens is 4. The van der Waals surface area contributed by atoms with Gasteiger partial charge in [0.25, 0.3) is 0 Å². The van der Waals surface area contributed by atoms with Gasteiger partial charge < -0.3 is 9.47 Å². The number of nitrogens with zero attached hydrogens (tertiary/aromatic N) is 2. The minimum atomic E-state index is -4.61. The highest BCUT2D eigenvalue weighted by molar-refractivity contribution is 6.29. The van der Waals surface area contributed by atoms with Crippen LogP contribution in [-0.2, 0) is 4.74 Å². The summed E-state index contributed by atoms with van der Waals surface area (Å²) in [6.45, 7) is -1.71. The third-order valence-corrected chi connectivity index (χ3v) is 1.65. The lowest BCUT2D eigenvalue weighted by atomic mass is 10.6. The van der Waals surface area contributed by atoms with Gasteiger partial charge in [0, 0.05) is 6.07 Å². The van der Waals surface area contributed by atoms with Crippen LogP contribution in [0.4, 0.5) is 23.9 Å². The van der Waals surface area contributed by atoms with Gasteiger partial charge in [-0.1, -0.05) is 11.6 Å². The van der Waals surface area contributed by atoms with Gasteiger partial charge in [0.2, 0.25) is 11.8 Å². The standard InChI is InChI=1S/C8H7ClF3N3O3/c1-17-5-2-4(9)13-6(14-5)15-7(16)18-3-8(10,11)12/h2H,3H2,1H3,(H,13,14,15,16). The van der Waals surface area contributed by atoms with E-state index in [1.165, 1.54) is 13.2 Å². The fourth-order valence-electron chi connectivity index (χ4n) is 0.832. The van der Waals surface area contributed by atoms with Crippen molar-refractivity contribution >= 4 is 23.6 Å². The minimum Gasteiger partial charge on any atom is -0.481 e. The number of carbonyl (C=O) groups is 1. The van der Waals surface area contributed by atoms with Crippen LogP contribution in [0, 0.1) is 0 Å². The maximum absolute atomic E-state index is 11.8. The molecule has 0 aliphatic carbocycles. The number of alkyl halides is 3. The zero-order valence-electron chi connectivity index (χ0n) is 8.92. The molecule has 1 rings (SSSR count). The Morgan fingerprint density at radius 1 is 1.50 bits per heavy atom. The third kappa shape index (κ3) is 5.04. The van der Waals surface area contributed by atoms with Crippen LogP contribution in [0.15, 0.2) is 6.07 Å². The van der Waals surface area contributed by atoms with Crippen molar-refractivity contribution in [2.75, 3.05) is 19.0 Å². The molecule has 0 bridgehead atoms. The molecule has 0 radical (unpaired) electrons. The predicted octanol–water partition coefficient (Wildman–Crippen LogP) is 2.25. The number of hydrogen-bond acceptors (Lipinski definition) is 5. The number of hydrogen-bond donors (Lipinski definition) is 1. The van der Waals surface area contributed by atoms with Crippen LogP contribution in [0.2, 0.25) is 5.15 Å². The molecule has 0 fully saturated rings. The number of amides is 1. The Balaban J connectivity index is 2.61. The second-order valence-electron chi connectivity index (χ2n) is 2.87. The summed E-state index contributed by atoms with van der Waals surface area (Å²) in [5, 5.41) is 1.83. The van der Waals surface area contributed by atoms with Crippen LogP contribution in [0.5, 0.6) is 5.88 Å². The molecule has 0 saturated carbocycles. The van der Waals surface area contributed by atoms with Crippen LogP contribution < -0.4 is 10.1 Å². The van der Waals surface area contributed by atoms with Crippen LogP contribution in [-0.4, -0.2) is 36.0 Å². The highest BCUT2D eigenvalue weighted by atomic mass is 35.5. The Kier molecular flexibility index (Phi) is 4.54. The number of ether oxygens (including phenoxy) is 2. The van der Waals surface area contributed by atoms with E-state index in [2.05, 4.69) is 14.7 Å². The highest BCUT2D eigenvalue weighted by Gasteiger charge is 2.29. The van der Waals surface area contributed by atoms with Crippen LogP contribution in [0.1, 0.15) is 0 Å². The summed E-state index contributed by atoms with van der Waals surface area (Å²) in [4.78, 5) is 18.1. The number of nitrogens with one attached hydrogen (secondary N) is 1. The monoisotopic (exact) mass is 285 g/mol. The summed E-state index contributed by atoms with van der Waals surface area (Å²) in [6.07, 6.45) is -5.96. The molecule has 1 amide bonds. The van der Waals surface area contributed by atoms with Gasteiger partial charge >= 0.3 is 12.3 Å². The summed E-state index contributed by atoms with van der Waals surface area (Å²) in [5.74, 6) is -0.285. The lowest BCUT2D eigenvalue weighted by molar-refractivity contribution is -0.159. The number of carbonyl (C=O) groups excluding carboxylic acids is 1. The molecule has 0 aliphatic heterocycles. The van der Waals surface area contributed by atoms with Crippen molar-refractivity contribution in [3.05, 3.63) is 11.2 Å². The van der Waals surface area contributed by atoms with Crippen molar-refractivity contribution in [1.82, 2.24) is 9.97 Å². The number of anilines is 1. The predicted molar refractivity (Wildman–Crippen MR) is 54.6 cm³/mol. The molecule has 0 saturated heterocycles. The van der Waals surface area contributed by atoms with Gasteiger partial charge in [0.05, 0.1) is 7.11 Å². The molecule has 0 aromatic carbocycles. The molecule has 1 aromatic heterocycles. The first-order valence-electron chi connectivity index (χ1n) is 4.39. The Morgan fingerprint density at radius 3 is 2.72 bits per heavy atom. The quantitative estimate of drug-likeness (QED) is 0.862. The molecule has 0 atom stereocenters. The Labute approximate surface area is 104 Å². The lowest BCUT2D eigenvalue weighted by Crippen LogP contribution is -2.24. The Hall–Kier alpha value is -1.77. The third-order valence-electron chi connectivity index (χ3n) is 1.46. The number of rotatable bonds is 3. The first-order valence-corrected chi connectivity index (χ1v) is 4.77. The molecule has 18 heavy (non-hydrogen) atoms. The van der Waals surface area contributed by atoms with Gasteiger partial charge in [-0.05, 0) is 0 Å². The van der Waals surface area contributed by atoms with E-state index in [-0.39, 0.29) is 17.0 Å². The molecule has 0 aliphatic rings. The van der Waals surface area contributed by atoms with Crippen molar-refractivity contribution in [1.29, 1.82) is 0 Å². The van der Waals surface area contributed by atoms with E-state index in [1.807, 2.05) is 5.32 Å². The summed E-state index contributed by atoms with van der Waals surface area (Å²) in [6, 6.07) is 1.26. The van der Waals surface area contributed by atoms with Crippen LogP contribution in [0.25, 0.3) is 0 Å². The average Bonchev–Trinajstić information content (AvgIpc) is 2.24. The molecular formula is C8H7ClF3N3O3. The first kappa shape index (κ1) is 14.3. The normalized spacial score (nSPS) is 10.9. The van der Waals surface area contributed by atoms with E-state index in [0.29, 0.717) is 0 Å². The van der Waals surface area contributed by atoms with Crippen molar-refractivity contribution in [3.63, 3.8) is 0 Å². The Morgan fingerprint density at radius 2 is 2.17 bits per heavy atom. The fourth-order valence-corrected chi connectivity index (χ4v) is 1.01. The fraction of sp³-hybridized carbons (Fsp3) is 0.375. The smallest absolute Gasteiger partial charge is 0.422 e. The largest absolute Gasteiger partial charge is 0.481 e. The summed E-state index contributed by atoms with van der Waals surface area (Å²) < 4.78 is 43.9. The summed E-state index contributed by atoms with van der Waals surface area (Å²) in [5.41, 5.74) is 0. The lowest BCUT2D eigenvalue weighted by Gasteiger charge is -2.08. The molecule has 1 N–H and O–H groups in total. The Bertz CT molecular complexity index is 441. The van der Waals surface area contributed by atoms with Crippen LogP contribution >= 0.6 is 11.6 Å². The van der Waals surface area contributed by atoms with Gasteiger partial charge in [0.1, 0.15) is 5.15 Å². The molecule has 6 nitrogen and oxygen atoms in total.